The van der Waals surface area contributed by atoms with Crippen LogP contribution >= 0.6 is 11.6 Å². The van der Waals surface area contributed by atoms with E-state index in [1.165, 1.54) is 0 Å². The fourth-order valence-corrected chi connectivity index (χ4v) is 2.32. The van der Waals surface area contributed by atoms with Gasteiger partial charge < -0.3 is 15.1 Å². The molecule has 1 aliphatic rings. The summed E-state index contributed by atoms with van der Waals surface area (Å²) >= 11 is 5.63. The molecule has 1 saturated heterocycles. The number of β-amino-alcohol motifs (C(OH)–C–C–N with tert-alkyl or cyclic N) is 1. The zero-order valence-electron chi connectivity index (χ0n) is 10.5. The van der Waals surface area contributed by atoms with Gasteiger partial charge in [0.25, 0.3) is 11.6 Å². The molecule has 1 aromatic heterocycles. The van der Waals surface area contributed by atoms with Gasteiger partial charge >= 0.3 is 5.97 Å². The number of carbonyl (C=O) groups is 2. The Morgan fingerprint density at radius 1 is 1.52 bits per heavy atom. The lowest BCUT2D eigenvalue weighted by atomic mass is 10.1. The standard InChI is InChI=1S/C11H10ClN3O6/c12-9-2-6(8(3-13-9)15(20)21)10(17)14-4-5(16)1-7(14)11(18)19/h2-3,5,7,16H,1,4H2,(H,18,19)/t5-,7-/m0/s1. The Morgan fingerprint density at radius 3 is 2.76 bits per heavy atom. The van der Waals surface area contributed by atoms with Gasteiger partial charge in [0.15, 0.2) is 0 Å². The summed E-state index contributed by atoms with van der Waals surface area (Å²) < 4.78 is 0. The number of carboxylic acid groups (broad SMARTS) is 1. The molecule has 1 aliphatic heterocycles. The minimum atomic E-state index is -1.29. The molecule has 1 amide bonds. The number of hydrogen-bond donors (Lipinski definition) is 2. The minimum absolute atomic E-state index is 0.129. The van der Waals surface area contributed by atoms with Gasteiger partial charge in [0.2, 0.25) is 0 Å². The highest BCUT2D eigenvalue weighted by atomic mass is 35.5. The third-order valence-corrected chi connectivity index (χ3v) is 3.31. The van der Waals surface area contributed by atoms with Crippen molar-refractivity contribution in [3.63, 3.8) is 0 Å². The minimum Gasteiger partial charge on any atom is -0.480 e. The number of carbonyl (C=O) groups excluding carboxylic acids is 1. The van der Waals surface area contributed by atoms with Crippen molar-refractivity contribution >= 4 is 29.2 Å². The fourth-order valence-electron chi connectivity index (χ4n) is 2.17. The number of halogens is 1. The van der Waals surface area contributed by atoms with Crippen LogP contribution in [0.15, 0.2) is 12.3 Å². The van der Waals surface area contributed by atoms with Crippen LogP contribution in [-0.4, -0.2) is 55.6 Å². The van der Waals surface area contributed by atoms with E-state index in [0.717, 1.165) is 17.2 Å². The Morgan fingerprint density at radius 2 is 2.19 bits per heavy atom. The van der Waals surface area contributed by atoms with E-state index in [9.17, 15) is 24.8 Å². The smallest absolute Gasteiger partial charge is 0.326 e. The molecule has 2 rings (SSSR count). The molecule has 2 atom stereocenters. The summed E-state index contributed by atoms with van der Waals surface area (Å²) in [5.74, 6) is -2.17. The summed E-state index contributed by atoms with van der Waals surface area (Å²) in [5, 5.41) is 29.4. The SMILES string of the molecule is O=C(O)[C@@H]1C[C@H](O)CN1C(=O)c1cc(Cl)ncc1[N+](=O)[O-]. The van der Waals surface area contributed by atoms with Gasteiger partial charge in [-0.05, 0) is 6.07 Å². The maximum absolute atomic E-state index is 12.3. The number of carboxylic acids is 1. The predicted octanol–water partition coefficient (Wildman–Crippen LogP) is 0.303. The number of aliphatic hydroxyl groups excluding tert-OH is 1. The number of pyridine rings is 1. The molecule has 0 saturated carbocycles. The molecule has 1 aromatic rings. The van der Waals surface area contributed by atoms with Crippen molar-refractivity contribution in [2.24, 2.45) is 0 Å². The molecule has 0 unspecified atom stereocenters. The molecule has 9 nitrogen and oxygen atoms in total. The van der Waals surface area contributed by atoms with Gasteiger partial charge in [-0.15, -0.1) is 0 Å². The summed E-state index contributed by atoms with van der Waals surface area (Å²) in [6.45, 7) is -0.215. The van der Waals surface area contributed by atoms with Crippen molar-refractivity contribution in [3.8, 4) is 0 Å². The first kappa shape index (κ1) is 15.1. The van der Waals surface area contributed by atoms with E-state index in [1.807, 2.05) is 0 Å². The summed E-state index contributed by atoms with van der Waals surface area (Å²) in [7, 11) is 0. The van der Waals surface area contributed by atoms with E-state index in [2.05, 4.69) is 4.98 Å². The second-order valence-electron chi connectivity index (χ2n) is 4.48. The lowest BCUT2D eigenvalue weighted by Crippen LogP contribution is -2.40. The fraction of sp³-hybridized carbons (Fsp3) is 0.364. The summed E-state index contributed by atoms with van der Waals surface area (Å²) in [6.07, 6.45) is -0.294. The van der Waals surface area contributed by atoms with E-state index in [0.29, 0.717) is 0 Å². The van der Waals surface area contributed by atoms with E-state index in [1.54, 1.807) is 0 Å². The highest BCUT2D eigenvalue weighted by Gasteiger charge is 2.41. The first-order valence-electron chi connectivity index (χ1n) is 5.83. The van der Waals surface area contributed by atoms with Gasteiger partial charge in [-0.25, -0.2) is 9.78 Å². The Bertz CT molecular complexity index is 622. The highest BCUT2D eigenvalue weighted by Crippen LogP contribution is 2.26. The molecular weight excluding hydrogens is 306 g/mol. The number of likely N-dealkylation sites (tertiary alicyclic amines) is 1. The van der Waals surface area contributed by atoms with Crippen LogP contribution in [0.1, 0.15) is 16.8 Å². The molecule has 0 aliphatic carbocycles. The maximum Gasteiger partial charge on any atom is 0.326 e. The third kappa shape index (κ3) is 2.93. The zero-order valence-corrected chi connectivity index (χ0v) is 11.2. The molecule has 1 fully saturated rings. The van der Waals surface area contributed by atoms with Crippen LogP contribution in [0.2, 0.25) is 5.15 Å². The number of hydrogen-bond acceptors (Lipinski definition) is 6. The van der Waals surface area contributed by atoms with Gasteiger partial charge in [0, 0.05) is 13.0 Å². The van der Waals surface area contributed by atoms with Gasteiger partial charge in [0.1, 0.15) is 23.0 Å². The van der Waals surface area contributed by atoms with E-state index >= 15 is 0 Å². The predicted molar refractivity (Wildman–Crippen MR) is 69.0 cm³/mol. The van der Waals surface area contributed by atoms with Crippen molar-refractivity contribution in [2.45, 2.75) is 18.6 Å². The first-order valence-corrected chi connectivity index (χ1v) is 6.21. The van der Waals surface area contributed by atoms with Crippen molar-refractivity contribution in [3.05, 3.63) is 33.1 Å². The Labute approximate surface area is 122 Å². The second kappa shape index (κ2) is 5.62. The van der Waals surface area contributed by atoms with Gasteiger partial charge in [-0.1, -0.05) is 11.6 Å². The largest absolute Gasteiger partial charge is 0.480 e. The van der Waals surface area contributed by atoms with Crippen molar-refractivity contribution < 1.29 is 24.7 Å². The number of aliphatic hydroxyl groups is 1. The molecule has 0 spiro atoms. The third-order valence-electron chi connectivity index (χ3n) is 3.10. The number of amides is 1. The van der Waals surface area contributed by atoms with Crippen LogP contribution in [0.5, 0.6) is 0 Å². The van der Waals surface area contributed by atoms with Crippen LogP contribution in [0.4, 0.5) is 5.69 Å². The molecule has 0 aromatic carbocycles. The van der Waals surface area contributed by atoms with Crippen molar-refractivity contribution in [2.75, 3.05) is 6.54 Å². The highest BCUT2D eigenvalue weighted by molar-refractivity contribution is 6.29. The first-order chi connectivity index (χ1) is 9.81. The van der Waals surface area contributed by atoms with Crippen LogP contribution in [0, 0.1) is 10.1 Å². The molecular formula is C11H10ClN3O6. The van der Waals surface area contributed by atoms with Crippen molar-refractivity contribution in [1.82, 2.24) is 9.88 Å². The van der Waals surface area contributed by atoms with E-state index in [-0.39, 0.29) is 23.7 Å². The quantitative estimate of drug-likeness (QED) is 0.465. The number of aromatic nitrogens is 1. The Hall–Kier alpha value is -2.26. The number of rotatable bonds is 3. The molecule has 21 heavy (non-hydrogen) atoms. The number of aliphatic carboxylic acids is 1. The lowest BCUT2D eigenvalue weighted by Gasteiger charge is -2.20. The van der Waals surface area contributed by atoms with Crippen LogP contribution in [0.3, 0.4) is 0 Å². The van der Waals surface area contributed by atoms with Crippen LogP contribution in [-0.2, 0) is 4.79 Å². The number of nitro groups is 1. The molecule has 2 N–H and O–H groups in total. The van der Waals surface area contributed by atoms with E-state index < -0.39 is 34.6 Å². The van der Waals surface area contributed by atoms with Gasteiger partial charge in [-0.3, -0.25) is 14.9 Å². The molecule has 112 valence electrons. The average molecular weight is 316 g/mol. The average Bonchev–Trinajstić information content (AvgIpc) is 2.79. The number of nitrogens with zero attached hydrogens (tertiary/aromatic N) is 3. The van der Waals surface area contributed by atoms with Gasteiger partial charge in [-0.2, -0.15) is 0 Å². The lowest BCUT2D eigenvalue weighted by molar-refractivity contribution is -0.385. The Kier molecular flexibility index (Phi) is 4.05. The van der Waals surface area contributed by atoms with E-state index in [4.69, 9.17) is 16.7 Å². The molecule has 2 heterocycles. The maximum atomic E-state index is 12.3. The monoisotopic (exact) mass is 315 g/mol. The molecule has 10 heteroatoms. The Balaban J connectivity index is 2.42. The summed E-state index contributed by atoms with van der Waals surface area (Å²) in [4.78, 5) is 38.0. The zero-order chi connectivity index (χ0) is 15.7. The molecule has 0 radical (unpaired) electrons. The van der Waals surface area contributed by atoms with Gasteiger partial charge in [0.05, 0.1) is 11.0 Å². The normalized spacial score (nSPS) is 21.3. The topological polar surface area (TPSA) is 134 Å². The molecule has 0 bridgehead atoms. The second-order valence-corrected chi connectivity index (χ2v) is 4.87. The van der Waals surface area contributed by atoms with Crippen LogP contribution in [0.25, 0.3) is 0 Å². The summed E-state index contributed by atoms with van der Waals surface area (Å²) in [6, 6.07) is -0.231. The summed E-state index contributed by atoms with van der Waals surface area (Å²) in [5.41, 5.74) is -0.935. The van der Waals surface area contributed by atoms with Crippen LogP contribution < -0.4 is 0 Å². The van der Waals surface area contributed by atoms with Crippen molar-refractivity contribution in [1.29, 1.82) is 0 Å².